The predicted molar refractivity (Wildman–Crippen MR) is 138 cm³/mol. The fourth-order valence-corrected chi connectivity index (χ4v) is 9.36. The topological polar surface area (TPSA) is 82.1 Å². The highest BCUT2D eigenvalue weighted by molar-refractivity contribution is 5.66. The number of ether oxygens (including phenoxy) is 1. The minimum Gasteiger partial charge on any atom is -0.481 e. The van der Waals surface area contributed by atoms with Crippen molar-refractivity contribution in [3.8, 4) is 0 Å². The molecule has 206 valence electrons. The summed E-state index contributed by atoms with van der Waals surface area (Å²) < 4.78 is 5.66. The summed E-state index contributed by atoms with van der Waals surface area (Å²) in [4.78, 5) is 35.4. The van der Waals surface area contributed by atoms with Crippen LogP contribution in [0.2, 0.25) is 0 Å². The molecule has 10 unspecified atom stereocenters. The number of carboxylic acids is 1. The van der Waals surface area contributed by atoms with Crippen molar-refractivity contribution in [2.45, 2.75) is 130 Å². The maximum Gasteiger partial charge on any atom is 0.303 e. The summed E-state index contributed by atoms with van der Waals surface area (Å²) in [7, 11) is 0. The lowest BCUT2D eigenvalue weighted by atomic mass is 9.43. The average Bonchev–Trinajstić information content (AvgIpc) is 3.13. The molecule has 4 aliphatic rings. The molecule has 0 aromatic carbocycles. The minimum absolute atomic E-state index is 0.00419. The van der Waals surface area contributed by atoms with Crippen LogP contribution in [0.1, 0.15) is 113 Å². The van der Waals surface area contributed by atoms with Gasteiger partial charge in [0.1, 0.15) is 6.10 Å². The van der Waals surface area contributed by atoms with Gasteiger partial charge in [-0.2, -0.15) is 0 Å². The number of fused-ring (bicyclic) bond motifs is 5. The Hall–Kier alpha value is -1.14. The first-order valence-corrected chi connectivity index (χ1v) is 14.5. The van der Waals surface area contributed by atoms with Crippen LogP contribution in [0.15, 0.2) is 0 Å². The quantitative estimate of drug-likeness (QED) is 0.232. The molecule has 0 heterocycles. The van der Waals surface area contributed by atoms with Gasteiger partial charge in [0.2, 0.25) is 0 Å². The number of esters is 1. The maximum absolute atomic E-state index is 11.6. The summed E-state index contributed by atoms with van der Waals surface area (Å²) in [6, 6.07) is 0. The van der Waals surface area contributed by atoms with Crippen LogP contribution in [0.5, 0.6) is 0 Å². The molecule has 6 nitrogen and oxygen atoms in total. The molecule has 36 heavy (non-hydrogen) atoms. The normalized spacial score (nSPS) is 43.1. The molecule has 0 spiro atoms. The Labute approximate surface area is 218 Å². The monoisotopic (exact) mass is 506 g/mol. The molecule has 1 N–H and O–H groups in total. The van der Waals surface area contributed by atoms with Crippen LogP contribution in [-0.2, 0) is 24.1 Å². The zero-order valence-electron chi connectivity index (χ0n) is 23.7. The lowest BCUT2D eigenvalue weighted by molar-refractivity contribution is -0.404. The highest BCUT2D eigenvalue weighted by atomic mass is 17.2. The molecule has 0 saturated heterocycles. The molecule has 6 heteroatoms. The molecular weight excluding hydrogens is 456 g/mol. The van der Waals surface area contributed by atoms with Crippen LogP contribution in [0, 0.1) is 46.3 Å². The number of rotatable bonds is 7. The van der Waals surface area contributed by atoms with Gasteiger partial charge in [-0.05, 0) is 119 Å². The predicted octanol–water partition coefficient (Wildman–Crippen LogP) is 6.80. The first-order valence-electron chi connectivity index (χ1n) is 14.5. The third kappa shape index (κ3) is 5.23. The Morgan fingerprint density at radius 1 is 1.03 bits per heavy atom. The zero-order chi connectivity index (χ0) is 26.5. The highest BCUT2D eigenvalue weighted by Crippen LogP contribution is 2.69. The molecule has 4 saturated carbocycles. The van der Waals surface area contributed by atoms with Crippen molar-refractivity contribution in [2.75, 3.05) is 0 Å². The van der Waals surface area contributed by atoms with Crippen molar-refractivity contribution >= 4 is 11.9 Å². The summed E-state index contributed by atoms with van der Waals surface area (Å²) in [6.45, 7) is 14.8. The van der Waals surface area contributed by atoms with E-state index in [-0.39, 0.29) is 41.0 Å². The average molecular weight is 507 g/mol. The number of carbonyl (C=O) groups is 2. The third-order valence-electron chi connectivity index (χ3n) is 11.0. The Balaban J connectivity index is 1.60. The van der Waals surface area contributed by atoms with Crippen LogP contribution in [-0.4, -0.2) is 34.9 Å². The van der Waals surface area contributed by atoms with Crippen LogP contribution in [0.3, 0.4) is 0 Å². The molecule has 0 bridgehead atoms. The van der Waals surface area contributed by atoms with Crippen molar-refractivity contribution in [1.29, 1.82) is 0 Å². The molecule has 4 aliphatic carbocycles. The van der Waals surface area contributed by atoms with E-state index in [0.717, 1.165) is 38.5 Å². The maximum atomic E-state index is 11.6. The van der Waals surface area contributed by atoms with Crippen molar-refractivity contribution in [3.05, 3.63) is 0 Å². The Bertz CT molecular complexity index is 819. The van der Waals surface area contributed by atoms with Crippen LogP contribution < -0.4 is 0 Å². The van der Waals surface area contributed by atoms with Gasteiger partial charge in [-0.25, -0.2) is 9.78 Å². The van der Waals surface area contributed by atoms with Crippen LogP contribution in [0.25, 0.3) is 0 Å². The molecular formula is C30H50O6. The Morgan fingerprint density at radius 2 is 1.75 bits per heavy atom. The number of carboxylic acid groups (broad SMARTS) is 1. The van der Waals surface area contributed by atoms with E-state index in [4.69, 9.17) is 14.5 Å². The van der Waals surface area contributed by atoms with Gasteiger partial charge in [-0.15, -0.1) is 0 Å². The summed E-state index contributed by atoms with van der Waals surface area (Å²) in [5.41, 5.74) is -0.160. The second-order valence-corrected chi connectivity index (χ2v) is 14.1. The van der Waals surface area contributed by atoms with Crippen molar-refractivity contribution in [2.24, 2.45) is 46.3 Å². The number of hydrogen-bond donors (Lipinski definition) is 1. The largest absolute Gasteiger partial charge is 0.481 e. The van der Waals surface area contributed by atoms with E-state index in [9.17, 15) is 14.7 Å². The third-order valence-corrected chi connectivity index (χ3v) is 11.0. The SMILES string of the molecule is CC(=O)OC1CCC2(C)C(CCC3C2CC(OOC(C)(C)C)C2(C)C(C(C)CCC(=O)O)CCC32)C1. The molecule has 0 aromatic heterocycles. The first-order chi connectivity index (χ1) is 16.8. The fourth-order valence-electron chi connectivity index (χ4n) is 9.36. The Kier molecular flexibility index (Phi) is 7.90. The lowest BCUT2D eigenvalue weighted by Crippen LogP contribution is -2.59. The molecule has 4 fully saturated rings. The first kappa shape index (κ1) is 27.9. The molecule has 0 aliphatic heterocycles. The van der Waals surface area contributed by atoms with Crippen LogP contribution >= 0.6 is 0 Å². The Morgan fingerprint density at radius 3 is 2.39 bits per heavy atom. The summed E-state index contributed by atoms with van der Waals surface area (Å²) in [5.74, 6) is 2.34. The van der Waals surface area contributed by atoms with Gasteiger partial charge >= 0.3 is 11.9 Å². The van der Waals surface area contributed by atoms with Gasteiger partial charge in [0.05, 0.1) is 11.7 Å². The van der Waals surface area contributed by atoms with Crippen molar-refractivity contribution < 1.29 is 29.2 Å². The molecule has 10 atom stereocenters. The number of aliphatic carboxylic acids is 1. The second-order valence-electron chi connectivity index (χ2n) is 14.1. The lowest BCUT2D eigenvalue weighted by Gasteiger charge is -2.62. The van der Waals surface area contributed by atoms with Gasteiger partial charge < -0.3 is 9.84 Å². The van der Waals surface area contributed by atoms with E-state index >= 15 is 0 Å². The van der Waals surface area contributed by atoms with Crippen LogP contribution in [0.4, 0.5) is 0 Å². The smallest absolute Gasteiger partial charge is 0.303 e. The second kappa shape index (κ2) is 10.2. The summed E-state index contributed by atoms with van der Waals surface area (Å²) in [6.07, 6.45) is 9.87. The van der Waals surface area contributed by atoms with E-state index in [1.165, 1.54) is 26.2 Å². The minimum atomic E-state index is -0.704. The number of carbonyl (C=O) groups excluding carboxylic acids is 1. The standard InChI is InChI=1S/C30H50O6/c1-18(8-13-27(32)33)23-11-12-24-22-10-9-20-16-21(34-19(2)31)14-15-29(20,6)25(22)17-26(30(23,24)7)35-36-28(3,4)5/h18,20-26H,8-17H2,1-7H3,(H,32,33). The fraction of sp³-hybridized carbons (Fsp3) is 0.933. The van der Waals surface area contributed by atoms with Gasteiger partial charge in [-0.3, -0.25) is 9.59 Å². The van der Waals surface area contributed by atoms with E-state index in [0.29, 0.717) is 35.5 Å². The number of hydrogen-bond acceptors (Lipinski definition) is 5. The van der Waals surface area contributed by atoms with E-state index in [1.54, 1.807) is 0 Å². The molecule has 4 rings (SSSR count). The van der Waals surface area contributed by atoms with E-state index < -0.39 is 5.97 Å². The summed E-state index contributed by atoms with van der Waals surface area (Å²) >= 11 is 0. The summed E-state index contributed by atoms with van der Waals surface area (Å²) in [5, 5.41) is 9.31. The van der Waals surface area contributed by atoms with Crippen molar-refractivity contribution in [3.63, 3.8) is 0 Å². The van der Waals surface area contributed by atoms with Crippen molar-refractivity contribution in [1.82, 2.24) is 0 Å². The zero-order valence-corrected chi connectivity index (χ0v) is 23.7. The highest BCUT2D eigenvalue weighted by Gasteiger charge is 2.65. The van der Waals surface area contributed by atoms with Gasteiger partial charge in [0.25, 0.3) is 0 Å². The molecule has 0 aromatic rings. The molecule has 0 amide bonds. The van der Waals surface area contributed by atoms with Gasteiger partial charge in [0, 0.05) is 18.8 Å². The van der Waals surface area contributed by atoms with Gasteiger partial charge in [-0.1, -0.05) is 20.8 Å². The van der Waals surface area contributed by atoms with Gasteiger partial charge in [0.15, 0.2) is 0 Å². The van der Waals surface area contributed by atoms with E-state index in [1.807, 2.05) is 20.8 Å². The van der Waals surface area contributed by atoms with E-state index in [2.05, 4.69) is 20.8 Å². The molecule has 0 radical (unpaired) electrons.